The number of likely N-dealkylation sites (tertiary alicyclic amines) is 1. The fourth-order valence-electron chi connectivity index (χ4n) is 3.47. The van der Waals surface area contributed by atoms with Crippen LogP contribution in [-0.2, 0) is 0 Å². The van der Waals surface area contributed by atoms with Gasteiger partial charge in [0.2, 0.25) is 0 Å². The molecule has 2 saturated heterocycles. The Morgan fingerprint density at radius 2 is 2.17 bits per heavy atom. The van der Waals surface area contributed by atoms with Gasteiger partial charge in [0.15, 0.2) is 0 Å². The zero-order valence-electron chi connectivity index (χ0n) is 11.0. The predicted molar refractivity (Wildman–Crippen MR) is 74.6 cm³/mol. The summed E-state index contributed by atoms with van der Waals surface area (Å²) in [5, 5.41) is 0. The highest BCUT2D eigenvalue weighted by atomic mass is 15.2. The van der Waals surface area contributed by atoms with E-state index in [0.29, 0.717) is 5.82 Å². The Morgan fingerprint density at radius 3 is 2.94 bits per heavy atom. The highest BCUT2D eigenvalue weighted by Crippen LogP contribution is 2.31. The first-order valence-corrected chi connectivity index (χ1v) is 6.91. The second-order valence-electron chi connectivity index (χ2n) is 5.63. The van der Waals surface area contributed by atoms with Gasteiger partial charge < -0.3 is 15.5 Å². The van der Waals surface area contributed by atoms with Gasteiger partial charge in [0.05, 0.1) is 11.9 Å². The van der Waals surface area contributed by atoms with Crippen LogP contribution in [0.15, 0.2) is 18.3 Å². The lowest BCUT2D eigenvalue weighted by Crippen LogP contribution is -2.52. The van der Waals surface area contributed by atoms with Crippen LogP contribution in [0.3, 0.4) is 0 Å². The molecule has 4 nitrogen and oxygen atoms in total. The molecule has 0 bridgehead atoms. The summed E-state index contributed by atoms with van der Waals surface area (Å²) in [7, 11) is 2.28. The van der Waals surface area contributed by atoms with Crippen molar-refractivity contribution in [1.29, 1.82) is 0 Å². The molecule has 2 aliphatic rings. The molecule has 2 unspecified atom stereocenters. The summed E-state index contributed by atoms with van der Waals surface area (Å²) < 4.78 is 0. The van der Waals surface area contributed by atoms with Crippen molar-refractivity contribution in [2.75, 3.05) is 37.3 Å². The van der Waals surface area contributed by atoms with Crippen LogP contribution in [0.2, 0.25) is 0 Å². The van der Waals surface area contributed by atoms with E-state index >= 15 is 0 Å². The Balaban J connectivity index is 1.72. The zero-order valence-corrected chi connectivity index (χ0v) is 11.0. The molecule has 2 atom stereocenters. The third-order valence-electron chi connectivity index (χ3n) is 4.48. The molecule has 18 heavy (non-hydrogen) atoms. The van der Waals surface area contributed by atoms with Gasteiger partial charge >= 0.3 is 0 Å². The van der Waals surface area contributed by atoms with Gasteiger partial charge in [0.25, 0.3) is 0 Å². The molecule has 1 aromatic heterocycles. The number of nitrogens with zero attached hydrogens (tertiary/aromatic N) is 3. The number of hydrogen-bond donors (Lipinski definition) is 1. The number of aromatic nitrogens is 1. The highest BCUT2D eigenvalue weighted by Gasteiger charge is 2.34. The van der Waals surface area contributed by atoms with Crippen LogP contribution in [0, 0.1) is 5.92 Å². The third kappa shape index (κ3) is 2.17. The van der Waals surface area contributed by atoms with Crippen molar-refractivity contribution in [3.05, 3.63) is 18.3 Å². The van der Waals surface area contributed by atoms with Crippen LogP contribution in [0.4, 0.5) is 11.5 Å². The Hall–Kier alpha value is -1.29. The zero-order chi connectivity index (χ0) is 12.5. The molecule has 4 heteroatoms. The number of pyridine rings is 1. The fourth-order valence-corrected chi connectivity index (χ4v) is 3.47. The van der Waals surface area contributed by atoms with Gasteiger partial charge in [-0.25, -0.2) is 4.98 Å². The normalized spacial score (nSPS) is 29.1. The maximum Gasteiger partial charge on any atom is 0.123 e. The molecule has 0 amide bonds. The van der Waals surface area contributed by atoms with Gasteiger partial charge in [-0.3, -0.25) is 0 Å². The van der Waals surface area contributed by atoms with Crippen LogP contribution in [-0.4, -0.2) is 42.6 Å². The fraction of sp³-hybridized carbons (Fsp3) is 0.643. The lowest BCUT2D eigenvalue weighted by molar-refractivity contribution is 0.102. The molecule has 0 radical (unpaired) electrons. The van der Waals surface area contributed by atoms with Crippen LogP contribution < -0.4 is 10.6 Å². The first kappa shape index (κ1) is 11.8. The maximum absolute atomic E-state index is 5.64. The van der Waals surface area contributed by atoms with Gasteiger partial charge in [-0.15, -0.1) is 0 Å². The maximum atomic E-state index is 5.64. The standard InChI is InChI=1S/C14H22N4/c1-17-7-2-3-11-10-18(8-6-13(11)17)12-4-5-14(15)16-9-12/h4-5,9,11,13H,2-3,6-8,10H2,1H3,(H2,15,16). The van der Waals surface area contributed by atoms with Crippen LogP contribution in [0.5, 0.6) is 0 Å². The number of piperidine rings is 2. The second-order valence-corrected chi connectivity index (χ2v) is 5.63. The number of rotatable bonds is 1. The molecule has 3 heterocycles. The van der Waals surface area contributed by atoms with Crippen molar-refractivity contribution in [1.82, 2.24) is 9.88 Å². The molecule has 0 aromatic carbocycles. The Kier molecular flexibility index (Phi) is 3.12. The van der Waals surface area contributed by atoms with E-state index in [1.807, 2.05) is 12.3 Å². The molecule has 98 valence electrons. The number of fused-ring (bicyclic) bond motifs is 1. The third-order valence-corrected chi connectivity index (χ3v) is 4.48. The van der Waals surface area contributed by atoms with Gasteiger partial charge in [-0.1, -0.05) is 0 Å². The van der Waals surface area contributed by atoms with Gasteiger partial charge in [-0.2, -0.15) is 0 Å². The Labute approximate surface area is 109 Å². The summed E-state index contributed by atoms with van der Waals surface area (Å²) >= 11 is 0. The van der Waals surface area contributed by atoms with Crippen molar-refractivity contribution < 1.29 is 0 Å². The van der Waals surface area contributed by atoms with Crippen molar-refractivity contribution in [3.8, 4) is 0 Å². The highest BCUT2D eigenvalue weighted by molar-refractivity contribution is 5.48. The molecule has 0 aliphatic carbocycles. The van der Waals surface area contributed by atoms with Crippen LogP contribution >= 0.6 is 0 Å². The summed E-state index contributed by atoms with van der Waals surface area (Å²) in [6.45, 7) is 3.57. The number of nitrogens with two attached hydrogens (primary N) is 1. The molecule has 3 rings (SSSR count). The monoisotopic (exact) mass is 246 g/mol. The van der Waals surface area contributed by atoms with Crippen molar-refractivity contribution in [3.63, 3.8) is 0 Å². The second kappa shape index (κ2) is 4.76. The topological polar surface area (TPSA) is 45.4 Å². The van der Waals surface area contributed by atoms with Crippen molar-refractivity contribution in [2.24, 2.45) is 5.92 Å². The predicted octanol–water partition coefficient (Wildman–Crippen LogP) is 1.58. The average Bonchev–Trinajstić information content (AvgIpc) is 2.39. The van der Waals surface area contributed by atoms with Crippen molar-refractivity contribution in [2.45, 2.75) is 25.3 Å². The van der Waals surface area contributed by atoms with E-state index in [0.717, 1.165) is 18.5 Å². The largest absolute Gasteiger partial charge is 0.384 e. The van der Waals surface area contributed by atoms with Crippen molar-refractivity contribution >= 4 is 11.5 Å². The number of anilines is 2. The van der Waals surface area contributed by atoms with E-state index < -0.39 is 0 Å². The van der Waals surface area contributed by atoms with Gasteiger partial charge in [-0.05, 0) is 50.9 Å². The Bertz CT molecular complexity index is 403. The van der Waals surface area contributed by atoms with Crippen LogP contribution in [0.25, 0.3) is 0 Å². The summed E-state index contributed by atoms with van der Waals surface area (Å²) in [6, 6.07) is 4.78. The van der Waals surface area contributed by atoms with Crippen LogP contribution in [0.1, 0.15) is 19.3 Å². The summed E-state index contributed by atoms with van der Waals surface area (Å²) in [5.41, 5.74) is 6.86. The molecular formula is C14H22N4. The molecule has 0 spiro atoms. The molecule has 0 saturated carbocycles. The summed E-state index contributed by atoms with van der Waals surface area (Å²) in [6.07, 6.45) is 5.88. The van der Waals surface area contributed by atoms with E-state index in [4.69, 9.17) is 5.73 Å². The minimum absolute atomic E-state index is 0.603. The molecular weight excluding hydrogens is 224 g/mol. The number of nitrogen functional groups attached to an aromatic ring is 1. The molecule has 2 aliphatic heterocycles. The van der Waals surface area contributed by atoms with Gasteiger partial charge in [0.1, 0.15) is 5.82 Å². The average molecular weight is 246 g/mol. The lowest BCUT2D eigenvalue weighted by Gasteiger charge is -2.46. The first-order chi connectivity index (χ1) is 8.74. The van der Waals surface area contributed by atoms with E-state index in [1.54, 1.807) is 0 Å². The van der Waals surface area contributed by atoms with E-state index in [2.05, 4.69) is 27.9 Å². The quantitative estimate of drug-likeness (QED) is 0.817. The minimum Gasteiger partial charge on any atom is -0.384 e. The Morgan fingerprint density at radius 1 is 1.28 bits per heavy atom. The molecule has 2 N–H and O–H groups in total. The summed E-state index contributed by atoms with van der Waals surface area (Å²) in [4.78, 5) is 9.21. The van der Waals surface area contributed by atoms with E-state index in [-0.39, 0.29) is 0 Å². The van der Waals surface area contributed by atoms with E-state index in [1.165, 1.54) is 38.0 Å². The SMILES string of the molecule is CN1CCCC2CN(c3ccc(N)nc3)CCC21. The number of hydrogen-bond acceptors (Lipinski definition) is 4. The van der Waals surface area contributed by atoms with E-state index in [9.17, 15) is 0 Å². The first-order valence-electron chi connectivity index (χ1n) is 6.91. The smallest absolute Gasteiger partial charge is 0.123 e. The lowest BCUT2D eigenvalue weighted by atomic mass is 9.84. The summed E-state index contributed by atoms with van der Waals surface area (Å²) in [5.74, 6) is 1.42. The minimum atomic E-state index is 0.603. The van der Waals surface area contributed by atoms with Gasteiger partial charge in [0, 0.05) is 19.1 Å². The molecule has 1 aromatic rings. The molecule has 2 fully saturated rings.